The second-order valence-corrected chi connectivity index (χ2v) is 3.54. The van der Waals surface area contributed by atoms with Crippen molar-refractivity contribution in [1.29, 1.82) is 0 Å². The van der Waals surface area contributed by atoms with E-state index in [1.165, 1.54) is 5.56 Å². The van der Waals surface area contributed by atoms with Crippen LogP contribution in [0.1, 0.15) is 17.5 Å². The van der Waals surface area contributed by atoms with Crippen molar-refractivity contribution >= 4 is 17.6 Å². The predicted molar refractivity (Wildman–Crippen MR) is 56.9 cm³/mol. The number of hydrogen-bond donors (Lipinski definition) is 0. The van der Waals surface area contributed by atoms with Crippen molar-refractivity contribution in [2.75, 3.05) is 5.88 Å². The summed E-state index contributed by atoms with van der Waals surface area (Å²) in [5.41, 5.74) is 2.29. The molecule has 0 aliphatic carbocycles. The van der Waals surface area contributed by atoms with E-state index in [0.29, 0.717) is 11.6 Å². The molecule has 0 N–H and O–H groups in total. The Morgan fingerprint density at radius 3 is 2.64 bits per heavy atom. The largest absolute Gasteiger partial charge is 0.426 e. The fourth-order valence-electron chi connectivity index (χ4n) is 1.04. The highest BCUT2D eigenvalue weighted by atomic mass is 35.5. The number of carbonyl (C=O) groups is 1. The number of carbonyl (C=O) groups excluding carboxylic acids is 1. The first-order valence-electron chi connectivity index (χ1n) is 4.47. The second kappa shape index (κ2) is 5.01. The molecule has 1 rings (SSSR count). The summed E-state index contributed by atoms with van der Waals surface area (Å²) < 4.78 is 5.07. The predicted octanol–water partition coefficient (Wildman–Crippen LogP) is 2.84. The standard InChI is InChI=1S/C11H13ClO2/c1-8-3-4-10(7-9(8)2)14-11(13)5-6-12/h3-4,7H,5-6H2,1-2H3. The molecule has 0 unspecified atom stereocenters. The number of benzene rings is 1. The number of halogens is 1. The van der Waals surface area contributed by atoms with Gasteiger partial charge in [-0.25, -0.2) is 0 Å². The highest BCUT2D eigenvalue weighted by molar-refractivity contribution is 6.18. The Morgan fingerprint density at radius 2 is 2.07 bits per heavy atom. The van der Waals surface area contributed by atoms with Crippen LogP contribution in [0, 0.1) is 13.8 Å². The molecule has 0 bridgehead atoms. The summed E-state index contributed by atoms with van der Waals surface area (Å²) in [6, 6.07) is 5.56. The Bertz CT molecular complexity index is 334. The minimum atomic E-state index is -0.289. The fourth-order valence-corrected chi connectivity index (χ4v) is 1.19. The van der Waals surface area contributed by atoms with Crippen molar-refractivity contribution < 1.29 is 9.53 Å². The number of ether oxygens (including phenoxy) is 1. The number of hydrogen-bond acceptors (Lipinski definition) is 2. The van der Waals surface area contributed by atoms with Crippen LogP contribution in [0.3, 0.4) is 0 Å². The maximum Gasteiger partial charge on any atom is 0.312 e. The van der Waals surface area contributed by atoms with Crippen molar-refractivity contribution in [3.8, 4) is 5.75 Å². The van der Waals surface area contributed by atoms with Crippen LogP contribution in [-0.2, 0) is 4.79 Å². The van der Waals surface area contributed by atoms with Gasteiger partial charge in [0.25, 0.3) is 0 Å². The molecule has 1 aromatic rings. The van der Waals surface area contributed by atoms with Gasteiger partial charge in [-0.2, -0.15) is 0 Å². The SMILES string of the molecule is Cc1ccc(OC(=O)CCCl)cc1C. The molecule has 0 aromatic heterocycles. The quantitative estimate of drug-likeness (QED) is 0.438. The summed E-state index contributed by atoms with van der Waals surface area (Å²) in [6.45, 7) is 3.99. The Morgan fingerprint density at radius 1 is 1.36 bits per heavy atom. The molecule has 0 saturated heterocycles. The van der Waals surface area contributed by atoms with E-state index in [1.54, 1.807) is 6.07 Å². The Labute approximate surface area is 88.8 Å². The average Bonchev–Trinajstić information content (AvgIpc) is 2.12. The average molecular weight is 213 g/mol. The monoisotopic (exact) mass is 212 g/mol. The Hall–Kier alpha value is -1.02. The molecule has 0 aliphatic rings. The van der Waals surface area contributed by atoms with Crippen molar-refractivity contribution in [1.82, 2.24) is 0 Å². The number of aryl methyl sites for hydroxylation is 2. The molecule has 1 aromatic carbocycles. The number of esters is 1. The van der Waals surface area contributed by atoms with Gasteiger partial charge in [0.15, 0.2) is 0 Å². The van der Waals surface area contributed by atoms with Crippen LogP contribution in [0.15, 0.2) is 18.2 Å². The third-order valence-corrected chi connectivity index (χ3v) is 2.20. The summed E-state index contributed by atoms with van der Waals surface area (Å²) in [7, 11) is 0. The highest BCUT2D eigenvalue weighted by Gasteiger charge is 2.04. The van der Waals surface area contributed by atoms with E-state index in [9.17, 15) is 4.79 Å². The Kier molecular flexibility index (Phi) is 3.96. The summed E-state index contributed by atoms with van der Waals surface area (Å²) in [5.74, 6) is 0.593. The maximum absolute atomic E-state index is 11.1. The topological polar surface area (TPSA) is 26.3 Å². The van der Waals surface area contributed by atoms with Crippen LogP contribution < -0.4 is 4.74 Å². The lowest BCUT2D eigenvalue weighted by atomic mass is 10.1. The van der Waals surface area contributed by atoms with Gasteiger partial charge in [-0.1, -0.05) is 6.07 Å². The van der Waals surface area contributed by atoms with Crippen LogP contribution in [0.2, 0.25) is 0 Å². The first kappa shape index (κ1) is 11.1. The minimum Gasteiger partial charge on any atom is -0.426 e. The van der Waals surface area contributed by atoms with E-state index >= 15 is 0 Å². The lowest BCUT2D eigenvalue weighted by Gasteiger charge is -2.05. The van der Waals surface area contributed by atoms with Gasteiger partial charge in [-0.15, -0.1) is 11.6 Å². The molecular weight excluding hydrogens is 200 g/mol. The van der Waals surface area contributed by atoms with Crippen molar-refractivity contribution in [2.24, 2.45) is 0 Å². The Balaban J connectivity index is 2.68. The molecule has 0 radical (unpaired) electrons. The van der Waals surface area contributed by atoms with Crippen LogP contribution in [0.5, 0.6) is 5.75 Å². The van der Waals surface area contributed by atoms with Gasteiger partial charge in [0.05, 0.1) is 6.42 Å². The maximum atomic E-state index is 11.1. The zero-order valence-electron chi connectivity index (χ0n) is 8.34. The van der Waals surface area contributed by atoms with Crippen LogP contribution >= 0.6 is 11.6 Å². The first-order valence-corrected chi connectivity index (χ1v) is 5.01. The van der Waals surface area contributed by atoms with Gasteiger partial charge in [0, 0.05) is 5.88 Å². The second-order valence-electron chi connectivity index (χ2n) is 3.16. The molecular formula is C11H13ClO2. The van der Waals surface area contributed by atoms with E-state index in [1.807, 2.05) is 26.0 Å². The molecule has 0 saturated carbocycles. The van der Waals surface area contributed by atoms with Gasteiger partial charge >= 0.3 is 5.97 Å². The number of alkyl halides is 1. The molecule has 76 valence electrons. The fraction of sp³-hybridized carbons (Fsp3) is 0.364. The zero-order chi connectivity index (χ0) is 10.6. The smallest absolute Gasteiger partial charge is 0.312 e. The van der Waals surface area contributed by atoms with Crippen LogP contribution in [-0.4, -0.2) is 11.8 Å². The van der Waals surface area contributed by atoms with Crippen LogP contribution in [0.25, 0.3) is 0 Å². The zero-order valence-corrected chi connectivity index (χ0v) is 9.10. The number of rotatable bonds is 3. The van der Waals surface area contributed by atoms with Gasteiger partial charge in [-0.3, -0.25) is 4.79 Å². The molecule has 0 aliphatic heterocycles. The van der Waals surface area contributed by atoms with E-state index in [0.717, 1.165) is 5.56 Å². The third-order valence-electron chi connectivity index (χ3n) is 2.01. The molecule has 0 atom stereocenters. The molecule has 3 heteroatoms. The van der Waals surface area contributed by atoms with Crippen molar-refractivity contribution in [3.05, 3.63) is 29.3 Å². The van der Waals surface area contributed by atoms with E-state index in [2.05, 4.69) is 0 Å². The highest BCUT2D eigenvalue weighted by Crippen LogP contribution is 2.16. The molecule has 0 heterocycles. The lowest BCUT2D eigenvalue weighted by molar-refractivity contribution is -0.133. The normalized spacial score (nSPS) is 9.93. The van der Waals surface area contributed by atoms with E-state index < -0.39 is 0 Å². The van der Waals surface area contributed by atoms with E-state index in [-0.39, 0.29) is 12.4 Å². The molecule has 2 nitrogen and oxygen atoms in total. The molecule has 14 heavy (non-hydrogen) atoms. The van der Waals surface area contributed by atoms with E-state index in [4.69, 9.17) is 16.3 Å². The summed E-state index contributed by atoms with van der Waals surface area (Å²) in [4.78, 5) is 11.1. The minimum absolute atomic E-state index is 0.245. The van der Waals surface area contributed by atoms with Gasteiger partial charge < -0.3 is 4.74 Å². The van der Waals surface area contributed by atoms with Crippen molar-refractivity contribution in [2.45, 2.75) is 20.3 Å². The van der Waals surface area contributed by atoms with Gasteiger partial charge in [0.2, 0.25) is 0 Å². The molecule has 0 fully saturated rings. The summed E-state index contributed by atoms with van der Waals surface area (Å²) in [6.07, 6.45) is 0.245. The van der Waals surface area contributed by atoms with Gasteiger partial charge in [-0.05, 0) is 37.1 Å². The summed E-state index contributed by atoms with van der Waals surface area (Å²) >= 11 is 5.42. The van der Waals surface area contributed by atoms with Gasteiger partial charge in [0.1, 0.15) is 5.75 Å². The lowest BCUT2D eigenvalue weighted by Crippen LogP contribution is -2.08. The summed E-state index contributed by atoms with van der Waals surface area (Å²) in [5, 5.41) is 0. The molecule has 0 spiro atoms. The van der Waals surface area contributed by atoms with Crippen molar-refractivity contribution in [3.63, 3.8) is 0 Å². The van der Waals surface area contributed by atoms with Crippen LogP contribution in [0.4, 0.5) is 0 Å². The third kappa shape index (κ3) is 3.04. The first-order chi connectivity index (χ1) is 6.63. The molecule has 0 amide bonds.